The summed E-state index contributed by atoms with van der Waals surface area (Å²) < 4.78 is 89.1. The van der Waals surface area contributed by atoms with Crippen LogP contribution in [-0.4, -0.2) is 26.6 Å². The molecule has 0 aromatic heterocycles. The van der Waals surface area contributed by atoms with Crippen molar-refractivity contribution in [1.29, 1.82) is 0 Å². The lowest BCUT2D eigenvalue weighted by atomic mass is 9.92. The van der Waals surface area contributed by atoms with Crippen LogP contribution in [0.15, 0.2) is 18.2 Å². The molecule has 0 radical (unpaired) electrons. The van der Waals surface area contributed by atoms with Gasteiger partial charge in [-0.1, -0.05) is 38.4 Å². The van der Waals surface area contributed by atoms with Gasteiger partial charge in [0, 0.05) is 12.5 Å². The highest BCUT2D eigenvalue weighted by Crippen LogP contribution is 2.55. The predicted molar refractivity (Wildman–Crippen MR) is 97.8 cm³/mol. The van der Waals surface area contributed by atoms with Crippen LogP contribution in [0.25, 0.3) is 0 Å². The molecule has 0 bridgehead atoms. The van der Waals surface area contributed by atoms with Crippen LogP contribution >= 0.6 is 11.6 Å². The molecule has 0 aliphatic rings. The summed E-state index contributed by atoms with van der Waals surface area (Å²) in [7, 11) is -3.37. The molecular weight excluding hydrogens is 428 g/mol. The fourth-order valence-corrected chi connectivity index (χ4v) is 6.14. The van der Waals surface area contributed by atoms with E-state index in [0.717, 1.165) is 13.0 Å². The molecule has 0 heterocycles. The molecule has 0 unspecified atom stereocenters. The Bertz CT molecular complexity index is 682. The Morgan fingerprint density at radius 2 is 1.50 bits per heavy atom. The minimum atomic E-state index is -5.78. The van der Waals surface area contributed by atoms with E-state index >= 15 is 0 Å². The first-order valence-electron chi connectivity index (χ1n) is 8.61. The summed E-state index contributed by atoms with van der Waals surface area (Å²) in [4.78, 5) is 11.1. The first kappa shape index (κ1) is 24.8. The van der Waals surface area contributed by atoms with Gasteiger partial charge in [-0.25, -0.2) is 0 Å². The van der Waals surface area contributed by atoms with E-state index in [9.17, 15) is 31.1 Å². The maximum Gasteiger partial charge on any atom is 0.429 e. The van der Waals surface area contributed by atoms with Gasteiger partial charge in [0.15, 0.2) is 8.32 Å². The van der Waals surface area contributed by atoms with Crippen molar-refractivity contribution in [2.75, 3.05) is 5.32 Å². The van der Waals surface area contributed by atoms with E-state index in [1.807, 2.05) is 0 Å². The molecule has 1 aromatic carbocycles. The van der Waals surface area contributed by atoms with Crippen LogP contribution < -0.4 is 5.32 Å². The average molecular weight is 450 g/mol. The van der Waals surface area contributed by atoms with Gasteiger partial charge in [0.25, 0.3) is 5.60 Å². The molecule has 1 amide bonds. The molecule has 0 atom stereocenters. The molecular formula is C17H22ClF6NO2Si. The summed E-state index contributed by atoms with van der Waals surface area (Å²) >= 11 is 5.86. The van der Waals surface area contributed by atoms with Crippen LogP contribution in [0.1, 0.15) is 33.3 Å². The van der Waals surface area contributed by atoms with Gasteiger partial charge in [-0.2, -0.15) is 26.3 Å². The Hall–Kier alpha value is -1.26. The Morgan fingerprint density at radius 3 is 1.82 bits per heavy atom. The van der Waals surface area contributed by atoms with Crippen molar-refractivity contribution in [1.82, 2.24) is 0 Å². The molecule has 11 heteroatoms. The average Bonchev–Trinajstić information content (AvgIpc) is 2.56. The van der Waals surface area contributed by atoms with E-state index in [1.165, 1.54) is 20.8 Å². The van der Waals surface area contributed by atoms with Crippen molar-refractivity contribution in [3.05, 3.63) is 28.8 Å². The van der Waals surface area contributed by atoms with Crippen molar-refractivity contribution < 1.29 is 35.6 Å². The summed E-state index contributed by atoms with van der Waals surface area (Å²) in [6, 6.07) is 2.36. The summed E-state index contributed by atoms with van der Waals surface area (Å²) in [5.74, 6) is -0.571. The molecule has 1 N–H and O–H groups in total. The number of anilines is 1. The number of carbonyl (C=O) groups excluding carboxylic acids is 1. The number of hydrogen-bond donors (Lipinski definition) is 1. The lowest BCUT2D eigenvalue weighted by Gasteiger charge is -2.44. The molecule has 0 fully saturated rings. The molecule has 160 valence electrons. The maximum absolute atomic E-state index is 14.0. The molecule has 0 spiro atoms. The lowest BCUT2D eigenvalue weighted by molar-refractivity contribution is -0.369. The van der Waals surface area contributed by atoms with Crippen molar-refractivity contribution in [3.63, 3.8) is 0 Å². The zero-order valence-electron chi connectivity index (χ0n) is 15.8. The van der Waals surface area contributed by atoms with Crippen molar-refractivity contribution >= 4 is 31.5 Å². The standard InChI is InChI=1S/C17H22ClF6NO2Si/c1-5-28(6-2,7-3)27-15(16(19,20)21,17(22,23)24)12-8-9-14(13(18)10-12)25-11(4)26/h8-10H,5-7H2,1-4H3,(H,25,26). The highest BCUT2D eigenvalue weighted by atomic mass is 35.5. The van der Waals surface area contributed by atoms with E-state index in [1.54, 1.807) is 0 Å². The quantitative estimate of drug-likeness (QED) is 0.374. The van der Waals surface area contributed by atoms with Crippen molar-refractivity contribution in [3.8, 4) is 0 Å². The minimum absolute atomic E-state index is 0.0889. The third kappa shape index (κ3) is 4.65. The van der Waals surface area contributed by atoms with Crippen LogP contribution in [0.5, 0.6) is 0 Å². The van der Waals surface area contributed by atoms with Gasteiger partial charge in [-0.05, 0) is 30.3 Å². The molecule has 28 heavy (non-hydrogen) atoms. The van der Waals surface area contributed by atoms with Crippen LogP contribution in [0.4, 0.5) is 32.0 Å². The van der Waals surface area contributed by atoms with Gasteiger partial charge in [-0.15, -0.1) is 0 Å². The summed E-state index contributed by atoms with van der Waals surface area (Å²) in [5, 5.41) is 1.79. The SMILES string of the molecule is CC[Si](CC)(CC)OC(c1ccc(NC(C)=O)c(Cl)c1)(C(F)(F)F)C(F)(F)F. The van der Waals surface area contributed by atoms with E-state index < -0.39 is 42.8 Å². The molecule has 3 nitrogen and oxygen atoms in total. The van der Waals surface area contributed by atoms with Crippen LogP contribution in [-0.2, 0) is 14.8 Å². The second kappa shape index (κ2) is 8.62. The number of benzene rings is 1. The van der Waals surface area contributed by atoms with Gasteiger partial charge in [0.05, 0.1) is 10.7 Å². The van der Waals surface area contributed by atoms with E-state index in [4.69, 9.17) is 16.0 Å². The molecule has 1 rings (SSSR count). The van der Waals surface area contributed by atoms with Crippen LogP contribution in [0.3, 0.4) is 0 Å². The summed E-state index contributed by atoms with van der Waals surface area (Å²) in [5.41, 5.74) is -5.77. The Morgan fingerprint density at radius 1 is 1.04 bits per heavy atom. The monoisotopic (exact) mass is 449 g/mol. The highest BCUT2D eigenvalue weighted by Gasteiger charge is 2.74. The summed E-state index contributed by atoms with van der Waals surface area (Å²) in [6.45, 7) is 5.73. The fraction of sp³-hybridized carbons (Fsp3) is 0.588. The fourth-order valence-electron chi connectivity index (χ4n) is 2.98. The first-order valence-corrected chi connectivity index (χ1v) is 11.5. The predicted octanol–water partition coefficient (Wildman–Crippen LogP) is 6.64. The number of rotatable bonds is 7. The molecule has 0 saturated carbocycles. The smallest absolute Gasteiger partial charge is 0.393 e. The number of alkyl halides is 6. The van der Waals surface area contributed by atoms with E-state index in [2.05, 4.69) is 5.32 Å². The Kier molecular flexibility index (Phi) is 7.63. The number of hydrogen-bond acceptors (Lipinski definition) is 2. The normalized spacial score (nSPS) is 13.5. The number of halogens is 7. The third-order valence-corrected chi connectivity index (χ3v) is 9.71. The number of nitrogens with one attached hydrogen (secondary N) is 1. The van der Waals surface area contributed by atoms with Gasteiger partial charge >= 0.3 is 12.4 Å². The van der Waals surface area contributed by atoms with E-state index in [-0.39, 0.29) is 23.8 Å². The number of amides is 1. The lowest BCUT2D eigenvalue weighted by Crippen LogP contribution is -2.61. The summed E-state index contributed by atoms with van der Waals surface area (Å²) in [6.07, 6.45) is -11.6. The first-order chi connectivity index (χ1) is 12.7. The van der Waals surface area contributed by atoms with Crippen LogP contribution in [0.2, 0.25) is 23.2 Å². The second-order valence-electron chi connectivity index (χ2n) is 6.40. The largest absolute Gasteiger partial charge is 0.429 e. The van der Waals surface area contributed by atoms with Gasteiger partial charge in [0.2, 0.25) is 5.91 Å². The molecule has 0 aliphatic heterocycles. The minimum Gasteiger partial charge on any atom is -0.393 e. The van der Waals surface area contributed by atoms with Gasteiger partial charge < -0.3 is 9.74 Å². The molecule has 0 aliphatic carbocycles. The topological polar surface area (TPSA) is 38.3 Å². The van der Waals surface area contributed by atoms with Gasteiger partial charge in [0.1, 0.15) is 0 Å². The maximum atomic E-state index is 14.0. The van der Waals surface area contributed by atoms with Crippen molar-refractivity contribution in [2.45, 2.75) is 63.8 Å². The molecule has 0 saturated heterocycles. The Labute approximate surface area is 165 Å². The van der Waals surface area contributed by atoms with Crippen molar-refractivity contribution in [2.24, 2.45) is 0 Å². The molecule has 1 aromatic rings. The zero-order chi connectivity index (χ0) is 22.0. The van der Waals surface area contributed by atoms with Crippen LogP contribution in [0, 0.1) is 0 Å². The number of carbonyl (C=O) groups is 1. The third-order valence-electron chi connectivity index (χ3n) is 4.79. The van der Waals surface area contributed by atoms with E-state index in [0.29, 0.717) is 12.1 Å². The Balaban J connectivity index is 3.77. The van der Waals surface area contributed by atoms with Gasteiger partial charge in [-0.3, -0.25) is 4.79 Å². The second-order valence-corrected chi connectivity index (χ2v) is 11.5. The highest BCUT2D eigenvalue weighted by molar-refractivity contribution is 6.73. The zero-order valence-corrected chi connectivity index (χ0v) is 17.6.